The molecule has 0 saturated heterocycles. The lowest BCUT2D eigenvalue weighted by Gasteiger charge is -2.19. The molecule has 1 aliphatic rings. The molecule has 0 spiro atoms. The molecule has 0 aliphatic heterocycles. The molecule has 9 rings (SSSR count). The smallest absolute Gasteiger partial charge is 0.291 e. The van der Waals surface area contributed by atoms with Crippen molar-refractivity contribution in [2.24, 2.45) is 0 Å². The predicted molar refractivity (Wildman–Crippen MR) is 165 cm³/mol. The number of benzene rings is 6. The fraction of sp³-hybridized carbons (Fsp3) is 0.0270. The molecule has 2 aromatic heterocycles. The highest BCUT2D eigenvalue weighted by atomic mass is 19.3. The molecule has 0 amide bonds. The predicted octanol–water partition coefficient (Wildman–Crippen LogP) is 9.67. The molecule has 0 atom stereocenters. The maximum Gasteiger partial charge on any atom is 0.301 e. The quantitative estimate of drug-likeness (QED) is 0.217. The molecule has 6 aromatic carbocycles. The Labute approximate surface area is 239 Å². The Bertz CT molecular complexity index is 2390. The van der Waals surface area contributed by atoms with Crippen LogP contribution in [0.1, 0.15) is 11.1 Å². The number of halogens is 2. The molecule has 2 heterocycles. The first-order valence-corrected chi connectivity index (χ1v) is 13.9. The monoisotopic (exact) mass is 545 g/mol. The number of rotatable bonds is 2. The van der Waals surface area contributed by atoms with Crippen LogP contribution >= 0.6 is 0 Å². The molecule has 0 fully saturated rings. The third-order valence-electron chi connectivity index (χ3n) is 8.49. The maximum atomic E-state index is 16.8. The minimum Gasteiger partial charge on any atom is -0.291 e. The molecule has 1 aliphatic carbocycles. The number of para-hydroxylation sites is 3. The normalized spacial score (nSPS) is 13.7. The molecule has 5 heteroatoms. The number of alkyl halides is 2. The highest BCUT2D eigenvalue weighted by Gasteiger charge is 2.48. The summed E-state index contributed by atoms with van der Waals surface area (Å²) in [6.07, 6.45) is 0. The summed E-state index contributed by atoms with van der Waals surface area (Å²) in [5.74, 6) is -2.69. The zero-order chi connectivity index (χ0) is 28.0. The van der Waals surface area contributed by atoms with Gasteiger partial charge in [0.1, 0.15) is 5.69 Å². The van der Waals surface area contributed by atoms with Gasteiger partial charge < -0.3 is 0 Å². The van der Waals surface area contributed by atoms with Gasteiger partial charge in [-0.05, 0) is 34.5 Å². The fourth-order valence-corrected chi connectivity index (χ4v) is 6.77. The van der Waals surface area contributed by atoms with Crippen LogP contribution in [0.2, 0.25) is 0 Å². The molecule has 198 valence electrons. The first-order valence-electron chi connectivity index (χ1n) is 13.9. The van der Waals surface area contributed by atoms with E-state index >= 15 is 8.78 Å². The second-order valence-electron chi connectivity index (χ2n) is 10.7. The van der Waals surface area contributed by atoms with Crippen LogP contribution in [0.5, 0.6) is 0 Å². The standard InChI is InChI=1S/C37H21F2N3/c38-37(39)27-18-8-6-16-25(27)31-23-14-4-5-15-24(23)32-26-17-7-11-21-30(26)42(35(32)33(31)37)36-34(22-12-2-1-3-13-22)40-28-19-9-10-20-29(28)41-36/h1-21H. The summed E-state index contributed by atoms with van der Waals surface area (Å²) in [4.78, 5) is 10.2. The second kappa shape index (κ2) is 8.30. The van der Waals surface area contributed by atoms with E-state index in [1.807, 2.05) is 120 Å². The van der Waals surface area contributed by atoms with Crippen molar-refractivity contribution in [1.29, 1.82) is 0 Å². The van der Waals surface area contributed by atoms with Crippen molar-refractivity contribution in [3.8, 4) is 28.2 Å². The molecule has 42 heavy (non-hydrogen) atoms. The highest BCUT2D eigenvalue weighted by molar-refractivity contribution is 6.26. The van der Waals surface area contributed by atoms with E-state index in [9.17, 15) is 0 Å². The van der Waals surface area contributed by atoms with Crippen LogP contribution in [0.15, 0.2) is 127 Å². The van der Waals surface area contributed by atoms with Crippen LogP contribution in [0, 0.1) is 0 Å². The Kier molecular flexibility index (Phi) is 4.61. The third kappa shape index (κ3) is 2.97. The molecule has 0 radical (unpaired) electrons. The minimum absolute atomic E-state index is 0.0163. The van der Waals surface area contributed by atoms with Gasteiger partial charge in [-0.1, -0.05) is 109 Å². The van der Waals surface area contributed by atoms with Gasteiger partial charge in [-0.2, -0.15) is 8.78 Å². The summed E-state index contributed by atoms with van der Waals surface area (Å²) in [5, 5.41) is 3.44. The van der Waals surface area contributed by atoms with Gasteiger partial charge >= 0.3 is 5.92 Å². The van der Waals surface area contributed by atoms with Gasteiger partial charge in [0.05, 0.1) is 27.6 Å². The summed E-state index contributed by atoms with van der Waals surface area (Å²) in [6.45, 7) is 0. The van der Waals surface area contributed by atoms with Crippen molar-refractivity contribution in [1.82, 2.24) is 14.5 Å². The van der Waals surface area contributed by atoms with Crippen molar-refractivity contribution in [3.63, 3.8) is 0 Å². The van der Waals surface area contributed by atoms with Crippen LogP contribution in [-0.4, -0.2) is 14.5 Å². The van der Waals surface area contributed by atoms with Gasteiger partial charge in [0, 0.05) is 27.5 Å². The summed E-state index contributed by atoms with van der Waals surface area (Å²) in [7, 11) is 0. The van der Waals surface area contributed by atoms with E-state index < -0.39 is 5.92 Å². The van der Waals surface area contributed by atoms with Crippen LogP contribution in [0.4, 0.5) is 8.78 Å². The Hall–Kier alpha value is -5.42. The lowest BCUT2D eigenvalue weighted by atomic mass is 9.93. The summed E-state index contributed by atoms with van der Waals surface area (Å²) in [6, 6.07) is 40.2. The van der Waals surface area contributed by atoms with Crippen molar-refractivity contribution < 1.29 is 8.78 Å². The molecule has 0 N–H and O–H groups in total. The van der Waals surface area contributed by atoms with Crippen molar-refractivity contribution in [2.45, 2.75) is 5.92 Å². The molecule has 0 bridgehead atoms. The number of hydrogen-bond donors (Lipinski definition) is 0. The van der Waals surface area contributed by atoms with E-state index in [0.29, 0.717) is 33.7 Å². The van der Waals surface area contributed by atoms with E-state index in [2.05, 4.69) is 0 Å². The van der Waals surface area contributed by atoms with Crippen molar-refractivity contribution >= 4 is 43.6 Å². The number of aromatic nitrogens is 3. The topological polar surface area (TPSA) is 30.7 Å². The third-order valence-corrected chi connectivity index (χ3v) is 8.49. The zero-order valence-corrected chi connectivity index (χ0v) is 22.2. The van der Waals surface area contributed by atoms with E-state index in [4.69, 9.17) is 9.97 Å². The van der Waals surface area contributed by atoms with Gasteiger partial charge in [0.25, 0.3) is 0 Å². The average molecular weight is 546 g/mol. The van der Waals surface area contributed by atoms with E-state index in [0.717, 1.165) is 38.1 Å². The Morgan fingerprint density at radius 2 is 1.19 bits per heavy atom. The summed E-state index contributed by atoms with van der Waals surface area (Å²) < 4.78 is 35.6. The van der Waals surface area contributed by atoms with Crippen LogP contribution in [-0.2, 0) is 5.92 Å². The first kappa shape index (κ1) is 23.3. The molecule has 0 saturated carbocycles. The lowest BCUT2D eigenvalue weighted by molar-refractivity contribution is 0.0494. The second-order valence-corrected chi connectivity index (χ2v) is 10.7. The van der Waals surface area contributed by atoms with E-state index in [1.54, 1.807) is 12.1 Å². The fourth-order valence-electron chi connectivity index (χ4n) is 6.77. The van der Waals surface area contributed by atoms with E-state index in [1.165, 1.54) is 0 Å². The molecule has 0 unspecified atom stereocenters. The zero-order valence-electron chi connectivity index (χ0n) is 22.2. The SMILES string of the molecule is FC1(F)c2ccccc2-c2c1c1c(c3ccccc23)c2ccccc2n1-c1nc2ccccc2nc1-c1ccccc1. The maximum absolute atomic E-state index is 16.8. The van der Waals surface area contributed by atoms with Crippen LogP contribution < -0.4 is 0 Å². The Balaban J connectivity index is 1.57. The summed E-state index contributed by atoms with van der Waals surface area (Å²) >= 11 is 0. The van der Waals surface area contributed by atoms with Crippen LogP contribution in [0.3, 0.4) is 0 Å². The summed E-state index contributed by atoms with van der Waals surface area (Å²) in [5.41, 5.74) is 5.41. The molecule has 3 nitrogen and oxygen atoms in total. The minimum atomic E-state index is -3.21. The largest absolute Gasteiger partial charge is 0.301 e. The van der Waals surface area contributed by atoms with Crippen LogP contribution in [0.25, 0.3) is 71.8 Å². The van der Waals surface area contributed by atoms with Gasteiger partial charge in [-0.25, -0.2) is 9.97 Å². The Morgan fingerprint density at radius 1 is 0.571 bits per heavy atom. The number of hydrogen-bond acceptors (Lipinski definition) is 2. The van der Waals surface area contributed by atoms with Crippen molar-refractivity contribution in [2.75, 3.05) is 0 Å². The van der Waals surface area contributed by atoms with Crippen molar-refractivity contribution in [3.05, 3.63) is 139 Å². The van der Waals surface area contributed by atoms with Gasteiger partial charge in [0.15, 0.2) is 5.82 Å². The van der Waals surface area contributed by atoms with Gasteiger partial charge in [0.2, 0.25) is 0 Å². The first-order chi connectivity index (χ1) is 20.6. The van der Waals surface area contributed by atoms with Gasteiger partial charge in [-0.3, -0.25) is 4.57 Å². The molecular formula is C37H21F2N3. The highest BCUT2D eigenvalue weighted by Crippen LogP contribution is 2.57. The number of fused-ring (bicyclic) bond motifs is 11. The number of nitrogens with zero attached hydrogens (tertiary/aromatic N) is 3. The Morgan fingerprint density at radius 3 is 2.00 bits per heavy atom. The van der Waals surface area contributed by atoms with E-state index in [-0.39, 0.29) is 11.1 Å². The molecular weight excluding hydrogens is 524 g/mol. The van der Waals surface area contributed by atoms with Gasteiger partial charge in [-0.15, -0.1) is 0 Å². The molecule has 8 aromatic rings. The lowest BCUT2D eigenvalue weighted by Crippen LogP contribution is -2.14. The average Bonchev–Trinajstić information content (AvgIpc) is 3.50.